The molecule has 96 heavy (non-hydrogen) atoms. The molecule has 0 bridgehead atoms. The average molecular weight is 1380 g/mol. The third-order valence-electron chi connectivity index (χ3n) is 14.3. The van der Waals surface area contributed by atoms with Gasteiger partial charge in [-0.1, -0.05) is 163 Å². The molecule has 0 saturated carbocycles. The molecule has 0 saturated heterocycles. The van der Waals surface area contributed by atoms with Crippen LogP contribution in [0.4, 0.5) is 0 Å². The summed E-state index contributed by atoms with van der Waals surface area (Å²) in [4.78, 5) is 67.5. The number of aliphatic hydroxyl groups excluding tert-OH is 6. The van der Waals surface area contributed by atoms with Crippen molar-refractivity contribution in [1.82, 2.24) is 0 Å². The molecule has 6 N–H and O–H groups in total. The lowest BCUT2D eigenvalue weighted by Crippen LogP contribution is -2.13. The minimum absolute atomic E-state index is 0.0984. The molecule has 0 unspecified atom stereocenters. The summed E-state index contributed by atoms with van der Waals surface area (Å²) < 4.78 is 30.7. The van der Waals surface area contributed by atoms with Gasteiger partial charge in [-0.05, 0) is 187 Å². The third kappa shape index (κ3) is 112. The van der Waals surface area contributed by atoms with E-state index < -0.39 is 0 Å². The predicted octanol–water partition coefficient (Wildman–Crippen LogP) is 17.5. The molecule has 576 valence electrons. The molecular formula is C78H156O18. The Labute approximate surface area is 588 Å². The highest BCUT2D eigenvalue weighted by Gasteiger charge is 2.16. The van der Waals surface area contributed by atoms with E-state index in [1.807, 2.05) is 0 Å². The van der Waals surface area contributed by atoms with Crippen LogP contribution in [0.3, 0.4) is 0 Å². The van der Waals surface area contributed by atoms with E-state index in [2.05, 4.69) is 125 Å². The van der Waals surface area contributed by atoms with Crippen LogP contribution < -0.4 is 0 Å². The Morgan fingerprint density at radius 2 is 0.333 bits per heavy atom. The predicted molar refractivity (Wildman–Crippen MR) is 391 cm³/mol. The SMILES string of the molecule is CC(C)(C)CCCCOC(=O)CCCCCO.CC(C)(C)CCCCOC(=O)CCCCCO.CC(C)(C)CCCCOC(=O)CCCCCO.CC(C)(C)CCOC(=O)CCCCCO.CC(C)(C)CCOC(=O)CCCCCO.CC(C)(C)CCOC(=O)CCCCCO. The molecule has 0 aromatic heterocycles. The van der Waals surface area contributed by atoms with Gasteiger partial charge in [0.05, 0.1) is 39.6 Å². The van der Waals surface area contributed by atoms with E-state index in [1.165, 1.54) is 19.3 Å². The van der Waals surface area contributed by atoms with Crippen LogP contribution in [0.2, 0.25) is 0 Å². The first kappa shape index (κ1) is 104. The summed E-state index contributed by atoms with van der Waals surface area (Å²) in [5.74, 6) is -0.636. The summed E-state index contributed by atoms with van der Waals surface area (Å²) in [6.07, 6.45) is 30.2. The van der Waals surface area contributed by atoms with Gasteiger partial charge in [0.1, 0.15) is 0 Å². The normalized spacial score (nSPS) is 11.5. The van der Waals surface area contributed by atoms with Crippen molar-refractivity contribution in [2.75, 3.05) is 79.3 Å². The van der Waals surface area contributed by atoms with E-state index in [0.29, 0.717) is 94.4 Å². The molecule has 0 heterocycles. The van der Waals surface area contributed by atoms with Crippen molar-refractivity contribution in [2.45, 2.75) is 356 Å². The first-order chi connectivity index (χ1) is 44.7. The lowest BCUT2D eigenvalue weighted by atomic mass is 9.90. The van der Waals surface area contributed by atoms with Crippen molar-refractivity contribution in [3.63, 3.8) is 0 Å². The first-order valence-electron chi connectivity index (χ1n) is 37.3. The van der Waals surface area contributed by atoms with Crippen molar-refractivity contribution in [2.24, 2.45) is 32.5 Å². The van der Waals surface area contributed by atoms with Gasteiger partial charge < -0.3 is 59.1 Å². The molecule has 0 spiro atoms. The number of hydrogen-bond acceptors (Lipinski definition) is 18. The number of aliphatic hydroxyl groups is 6. The molecule has 18 nitrogen and oxygen atoms in total. The summed E-state index contributed by atoms with van der Waals surface area (Å²) in [7, 11) is 0. The van der Waals surface area contributed by atoms with Crippen LogP contribution in [0.15, 0.2) is 0 Å². The molecule has 0 amide bonds. The monoisotopic (exact) mass is 1380 g/mol. The minimum Gasteiger partial charge on any atom is -0.466 e. The van der Waals surface area contributed by atoms with Crippen LogP contribution >= 0.6 is 0 Å². The summed E-state index contributed by atoms with van der Waals surface area (Å²) in [6, 6.07) is 0. The molecule has 0 rings (SSSR count). The number of ether oxygens (including phenoxy) is 6. The van der Waals surface area contributed by atoms with Gasteiger partial charge in [0, 0.05) is 78.2 Å². The van der Waals surface area contributed by atoms with E-state index in [1.54, 1.807) is 0 Å². The number of carbonyl (C=O) groups excluding carboxylic acids is 6. The van der Waals surface area contributed by atoms with Crippen molar-refractivity contribution < 1.29 is 87.8 Å². The lowest BCUT2D eigenvalue weighted by Gasteiger charge is -2.17. The largest absolute Gasteiger partial charge is 0.466 e. The molecule has 0 radical (unpaired) electrons. The van der Waals surface area contributed by atoms with Gasteiger partial charge in [0.2, 0.25) is 0 Å². The Hall–Kier alpha value is -3.42. The zero-order chi connectivity index (χ0) is 74.6. The highest BCUT2D eigenvalue weighted by atomic mass is 16.6. The van der Waals surface area contributed by atoms with E-state index in [9.17, 15) is 28.8 Å². The standard InChI is InChI=1S/3C14H28O3.3C12H24O3/c3*1-14(2,3)10-6-8-12-17-13(16)9-5-4-7-11-15;3*1-12(2,3)8-10-15-11(14)7-5-4-6-9-13/h3*15H,4-12H2,1-3H3;3*13H,4-10H2,1-3H3. The Morgan fingerprint density at radius 3 is 0.469 bits per heavy atom. The molecule has 0 aromatic rings. The summed E-state index contributed by atoms with van der Waals surface area (Å²) in [5.41, 5.74) is 1.77. The molecule has 0 aliphatic heterocycles. The van der Waals surface area contributed by atoms with Gasteiger partial charge >= 0.3 is 35.8 Å². The topological polar surface area (TPSA) is 279 Å². The number of carbonyl (C=O) groups is 6. The van der Waals surface area contributed by atoms with Gasteiger partial charge in [-0.2, -0.15) is 0 Å². The van der Waals surface area contributed by atoms with Crippen LogP contribution in [-0.4, -0.2) is 146 Å². The number of hydrogen-bond donors (Lipinski definition) is 6. The smallest absolute Gasteiger partial charge is 0.305 e. The first-order valence-corrected chi connectivity index (χ1v) is 37.3. The maximum absolute atomic E-state index is 11.3. The van der Waals surface area contributed by atoms with Crippen molar-refractivity contribution >= 4 is 35.8 Å². The molecule has 0 fully saturated rings. The fraction of sp³-hybridized carbons (Fsp3) is 0.923. The van der Waals surface area contributed by atoms with Crippen LogP contribution in [0.25, 0.3) is 0 Å². The Morgan fingerprint density at radius 1 is 0.188 bits per heavy atom. The maximum atomic E-state index is 11.3. The Balaban J connectivity index is -0.000000253. The maximum Gasteiger partial charge on any atom is 0.305 e. The van der Waals surface area contributed by atoms with Gasteiger partial charge in [0.25, 0.3) is 0 Å². The number of esters is 6. The second kappa shape index (κ2) is 68.7. The molecule has 0 atom stereocenters. The number of rotatable bonds is 48. The second-order valence-corrected chi connectivity index (χ2v) is 32.5. The van der Waals surface area contributed by atoms with Crippen molar-refractivity contribution in [3.05, 3.63) is 0 Å². The zero-order valence-electron chi connectivity index (χ0n) is 65.5. The molecular weight excluding hydrogens is 1220 g/mol. The third-order valence-corrected chi connectivity index (χ3v) is 14.3. The Bertz CT molecular complexity index is 1540. The molecule has 18 heteroatoms. The summed E-state index contributed by atoms with van der Waals surface area (Å²) in [6.45, 7) is 43.6. The van der Waals surface area contributed by atoms with Crippen LogP contribution in [0.1, 0.15) is 356 Å². The van der Waals surface area contributed by atoms with Crippen molar-refractivity contribution in [1.29, 1.82) is 0 Å². The van der Waals surface area contributed by atoms with E-state index in [4.69, 9.17) is 59.1 Å². The van der Waals surface area contributed by atoms with Crippen LogP contribution in [0, 0.1) is 32.5 Å². The van der Waals surface area contributed by atoms with Gasteiger partial charge in [-0.25, -0.2) is 0 Å². The summed E-state index contributed by atoms with van der Waals surface area (Å²) >= 11 is 0. The molecule has 0 aliphatic carbocycles. The molecule has 0 aliphatic rings. The van der Waals surface area contributed by atoms with Gasteiger partial charge in [-0.3, -0.25) is 28.8 Å². The molecule has 0 aromatic carbocycles. The fourth-order valence-electron chi connectivity index (χ4n) is 8.02. The van der Waals surface area contributed by atoms with Crippen LogP contribution in [0.5, 0.6) is 0 Å². The average Bonchev–Trinajstić information content (AvgIpc) is 3.70. The van der Waals surface area contributed by atoms with E-state index in [0.717, 1.165) is 173 Å². The zero-order valence-corrected chi connectivity index (χ0v) is 65.5. The lowest BCUT2D eigenvalue weighted by molar-refractivity contribution is -0.145. The second-order valence-electron chi connectivity index (χ2n) is 32.5. The van der Waals surface area contributed by atoms with Crippen LogP contribution in [-0.2, 0) is 57.2 Å². The minimum atomic E-state index is -0.114. The van der Waals surface area contributed by atoms with Crippen molar-refractivity contribution in [3.8, 4) is 0 Å². The fourth-order valence-corrected chi connectivity index (χ4v) is 8.02. The van der Waals surface area contributed by atoms with E-state index >= 15 is 0 Å². The number of unbranched alkanes of at least 4 members (excludes halogenated alkanes) is 15. The Kier molecular flexibility index (Phi) is 74.1. The van der Waals surface area contributed by atoms with Gasteiger partial charge in [0.15, 0.2) is 0 Å². The summed E-state index contributed by atoms with van der Waals surface area (Å²) in [5, 5.41) is 51.4. The van der Waals surface area contributed by atoms with Gasteiger partial charge in [-0.15, -0.1) is 0 Å². The van der Waals surface area contributed by atoms with E-state index in [-0.39, 0.29) is 91.7 Å². The highest BCUT2D eigenvalue weighted by molar-refractivity contribution is 5.71. The quantitative estimate of drug-likeness (QED) is 0.0188. The highest BCUT2D eigenvalue weighted by Crippen LogP contribution is 2.24.